The number of carbonyl (C=O) groups is 1. The van der Waals surface area contributed by atoms with Crippen molar-refractivity contribution < 1.29 is 43.5 Å². The molecule has 1 saturated heterocycles. The van der Waals surface area contributed by atoms with E-state index in [0.717, 1.165) is 0 Å². The van der Waals surface area contributed by atoms with Crippen LogP contribution < -0.4 is 10.4 Å². The Labute approximate surface area is 184 Å². The number of Topliss-reactive ketones (excluding diaryl/α,β-unsaturated/α-hetero) is 1. The van der Waals surface area contributed by atoms with Crippen LogP contribution in [0, 0.1) is 6.92 Å². The number of fused-ring (bicyclic) bond motifs is 1. The molecule has 176 valence electrons. The Morgan fingerprint density at radius 2 is 1.91 bits per heavy atom. The lowest BCUT2D eigenvalue weighted by Crippen LogP contribution is -2.63. The second-order valence-corrected chi connectivity index (χ2v) is 8.08. The summed E-state index contributed by atoms with van der Waals surface area (Å²) in [4.78, 5) is 24.6. The van der Waals surface area contributed by atoms with Crippen molar-refractivity contribution in [3.05, 3.63) is 33.7 Å². The van der Waals surface area contributed by atoms with E-state index in [1.807, 2.05) is 0 Å². The molecule has 0 radical (unpaired) electrons. The molecule has 0 unspecified atom stereocenters. The summed E-state index contributed by atoms with van der Waals surface area (Å²) in [7, 11) is 1.41. The Bertz CT molecular complexity index is 1060. The summed E-state index contributed by atoms with van der Waals surface area (Å²) in [6, 6.07) is 2.90. The third-order valence-electron chi connectivity index (χ3n) is 5.50. The van der Waals surface area contributed by atoms with Crippen LogP contribution in [0.25, 0.3) is 11.0 Å². The Hall–Kier alpha value is -2.50. The van der Waals surface area contributed by atoms with Crippen LogP contribution in [0.15, 0.2) is 21.3 Å². The fourth-order valence-corrected chi connectivity index (χ4v) is 3.84. The molecule has 1 aromatic heterocycles. The molecule has 3 N–H and O–H groups in total. The average molecular weight is 452 g/mol. The smallest absolute Gasteiger partial charge is 0.351 e. The van der Waals surface area contributed by atoms with Crippen LogP contribution in [-0.2, 0) is 14.2 Å². The van der Waals surface area contributed by atoms with Gasteiger partial charge in [0.25, 0.3) is 0 Å². The van der Waals surface area contributed by atoms with Gasteiger partial charge in [-0.25, -0.2) is 4.79 Å². The third kappa shape index (κ3) is 4.24. The van der Waals surface area contributed by atoms with E-state index >= 15 is 0 Å². The zero-order chi connectivity index (χ0) is 23.8. The predicted octanol–water partition coefficient (Wildman–Crippen LogP) is 1.28. The van der Waals surface area contributed by atoms with Gasteiger partial charge in [0.15, 0.2) is 5.78 Å². The molecule has 0 spiro atoms. The van der Waals surface area contributed by atoms with E-state index in [2.05, 4.69) is 0 Å². The molecule has 10 heteroatoms. The summed E-state index contributed by atoms with van der Waals surface area (Å²) in [5.41, 5.74) is -2.12. The first-order valence-electron chi connectivity index (χ1n) is 10.2. The minimum atomic E-state index is -1.41. The van der Waals surface area contributed by atoms with Crippen LogP contribution >= 0.6 is 0 Å². The standard InChI is InChI=1S/C22H28O10/c1-6-29-9-12(23)14-15(24)11-7-8-13(10(2)18(11)31-20(14)27)30-21-17(26)16(25)19(28-5)22(3,4)32-21/h7-8,16-17,19,21,24-26H,6,9H2,1-5H3/t16-,17-,19-,21-/m1/s1. The molecule has 2 heterocycles. The molecule has 0 amide bonds. The highest BCUT2D eigenvalue weighted by molar-refractivity contribution is 6.04. The van der Waals surface area contributed by atoms with Gasteiger partial charge in [0.1, 0.15) is 47.6 Å². The number of aromatic hydroxyl groups is 1. The fraction of sp³-hybridized carbons (Fsp3) is 0.545. The third-order valence-corrected chi connectivity index (χ3v) is 5.50. The zero-order valence-corrected chi connectivity index (χ0v) is 18.6. The first-order chi connectivity index (χ1) is 15.0. The maximum Gasteiger partial charge on any atom is 0.351 e. The number of hydrogen-bond acceptors (Lipinski definition) is 10. The van der Waals surface area contributed by atoms with Crippen LogP contribution in [0.5, 0.6) is 11.5 Å². The molecule has 1 aromatic carbocycles. The van der Waals surface area contributed by atoms with Gasteiger partial charge in [0.05, 0.1) is 11.0 Å². The first-order valence-corrected chi connectivity index (χ1v) is 10.2. The number of aliphatic hydroxyl groups is 2. The number of methoxy groups -OCH3 is 1. The van der Waals surface area contributed by atoms with Crippen molar-refractivity contribution in [2.24, 2.45) is 0 Å². The second kappa shape index (κ2) is 9.16. The van der Waals surface area contributed by atoms with E-state index in [1.54, 1.807) is 27.7 Å². The monoisotopic (exact) mass is 452 g/mol. The second-order valence-electron chi connectivity index (χ2n) is 8.08. The van der Waals surface area contributed by atoms with Crippen molar-refractivity contribution in [2.75, 3.05) is 20.3 Å². The summed E-state index contributed by atoms with van der Waals surface area (Å²) in [6.45, 7) is 6.57. The molecule has 32 heavy (non-hydrogen) atoms. The van der Waals surface area contributed by atoms with E-state index in [9.17, 15) is 24.9 Å². The van der Waals surface area contributed by atoms with Crippen LogP contribution in [0.3, 0.4) is 0 Å². The number of rotatable bonds is 7. The number of ether oxygens (including phenoxy) is 4. The number of aryl methyl sites for hydroxylation is 1. The molecule has 10 nitrogen and oxygen atoms in total. The Morgan fingerprint density at radius 1 is 1.22 bits per heavy atom. The normalized spacial score (nSPS) is 25.1. The van der Waals surface area contributed by atoms with E-state index in [0.29, 0.717) is 5.56 Å². The van der Waals surface area contributed by atoms with Crippen molar-refractivity contribution >= 4 is 16.8 Å². The molecule has 2 aromatic rings. The summed E-state index contributed by atoms with van der Waals surface area (Å²) < 4.78 is 27.2. The van der Waals surface area contributed by atoms with Gasteiger partial charge >= 0.3 is 5.63 Å². The molecule has 1 aliphatic rings. The molecule has 0 bridgehead atoms. The molecule has 0 aliphatic carbocycles. The zero-order valence-electron chi connectivity index (χ0n) is 18.6. The molecule has 4 atom stereocenters. The summed E-state index contributed by atoms with van der Waals surface area (Å²) in [5, 5.41) is 31.5. The summed E-state index contributed by atoms with van der Waals surface area (Å²) in [6.07, 6.45) is -4.70. The van der Waals surface area contributed by atoms with Gasteiger partial charge in [-0.2, -0.15) is 0 Å². The Morgan fingerprint density at radius 3 is 2.53 bits per heavy atom. The van der Waals surface area contributed by atoms with Gasteiger partial charge in [-0.15, -0.1) is 0 Å². The van der Waals surface area contributed by atoms with E-state index < -0.39 is 52.9 Å². The quantitative estimate of drug-likeness (QED) is 0.415. The number of hydrogen-bond donors (Lipinski definition) is 3. The van der Waals surface area contributed by atoms with Gasteiger partial charge in [-0.05, 0) is 39.8 Å². The Balaban J connectivity index is 1.97. The predicted molar refractivity (Wildman–Crippen MR) is 112 cm³/mol. The van der Waals surface area contributed by atoms with E-state index in [-0.39, 0.29) is 29.9 Å². The molecular weight excluding hydrogens is 424 g/mol. The van der Waals surface area contributed by atoms with Crippen LogP contribution in [0.4, 0.5) is 0 Å². The lowest BCUT2D eigenvalue weighted by Gasteiger charge is -2.46. The van der Waals surface area contributed by atoms with Crippen LogP contribution in [0.2, 0.25) is 0 Å². The summed E-state index contributed by atoms with van der Waals surface area (Å²) >= 11 is 0. The number of carbonyl (C=O) groups excluding carboxylic acids is 1. The van der Waals surface area contributed by atoms with Gasteiger partial charge in [0.2, 0.25) is 6.29 Å². The highest BCUT2D eigenvalue weighted by atomic mass is 16.7. The van der Waals surface area contributed by atoms with Crippen molar-refractivity contribution in [1.29, 1.82) is 0 Å². The van der Waals surface area contributed by atoms with Crippen molar-refractivity contribution in [3.63, 3.8) is 0 Å². The number of benzene rings is 1. The molecule has 1 fully saturated rings. The van der Waals surface area contributed by atoms with Gasteiger partial charge < -0.3 is 38.7 Å². The SMILES string of the molecule is CCOCC(=O)c1c(O)c2ccc(O[C@@H]3OC(C)(C)[C@H](OC)[C@H](O)[C@H]3O)c(C)c2oc1=O. The minimum absolute atomic E-state index is 0.0119. The maximum absolute atomic E-state index is 12.4. The Kier molecular flexibility index (Phi) is 6.91. The van der Waals surface area contributed by atoms with E-state index in [1.165, 1.54) is 19.2 Å². The largest absolute Gasteiger partial charge is 0.506 e. The topological polar surface area (TPSA) is 145 Å². The van der Waals surface area contributed by atoms with Crippen LogP contribution in [0.1, 0.15) is 36.7 Å². The highest BCUT2D eigenvalue weighted by Crippen LogP contribution is 2.36. The highest BCUT2D eigenvalue weighted by Gasteiger charge is 2.50. The van der Waals surface area contributed by atoms with Crippen molar-refractivity contribution in [2.45, 2.75) is 57.9 Å². The van der Waals surface area contributed by atoms with Crippen molar-refractivity contribution in [3.8, 4) is 11.5 Å². The van der Waals surface area contributed by atoms with Gasteiger partial charge in [-0.1, -0.05) is 0 Å². The first kappa shape index (κ1) is 24.1. The lowest BCUT2D eigenvalue weighted by atomic mass is 9.89. The van der Waals surface area contributed by atoms with Crippen LogP contribution in [-0.4, -0.2) is 71.6 Å². The number of ketones is 1. The minimum Gasteiger partial charge on any atom is -0.506 e. The maximum atomic E-state index is 12.4. The number of aliphatic hydroxyl groups excluding tert-OH is 2. The average Bonchev–Trinajstić information content (AvgIpc) is 2.72. The van der Waals surface area contributed by atoms with E-state index in [4.69, 9.17) is 23.4 Å². The van der Waals surface area contributed by atoms with Gasteiger partial charge in [0, 0.05) is 19.3 Å². The molecule has 3 rings (SSSR count). The lowest BCUT2D eigenvalue weighted by molar-refractivity contribution is -0.306. The van der Waals surface area contributed by atoms with Gasteiger partial charge in [-0.3, -0.25) is 4.79 Å². The molecule has 1 aliphatic heterocycles. The summed E-state index contributed by atoms with van der Waals surface area (Å²) in [5.74, 6) is -1.01. The molecule has 0 saturated carbocycles. The fourth-order valence-electron chi connectivity index (χ4n) is 3.84. The van der Waals surface area contributed by atoms with Crippen molar-refractivity contribution in [1.82, 2.24) is 0 Å². The molecular formula is C22H28O10.